The third kappa shape index (κ3) is 1.96. The van der Waals surface area contributed by atoms with Crippen LogP contribution >= 0.6 is 0 Å². The van der Waals surface area contributed by atoms with Gasteiger partial charge in [0.05, 0.1) is 11.9 Å². The maximum atomic E-state index is 5.83. The summed E-state index contributed by atoms with van der Waals surface area (Å²) >= 11 is 0. The molecule has 4 nitrogen and oxygen atoms in total. The van der Waals surface area contributed by atoms with Crippen LogP contribution in [-0.2, 0) is 0 Å². The summed E-state index contributed by atoms with van der Waals surface area (Å²) in [5.74, 6) is 1.01. The van der Waals surface area contributed by atoms with Gasteiger partial charge in [0.2, 0.25) is 0 Å². The number of rotatable bonds is 1. The Hall–Kier alpha value is -1.29. The molecule has 2 rings (SSSR count). The molecule has 0 spiro atoms. The zero-order chi connectivity index (χ0) is 9.97. The largest absolute Gasteiger partial charge is 0.397 e. The molecule has 1 aromatic heterocycles. The summed E-state index contributed by atoms with van der Waals surface area (Å²) in [5.41, 5.74) is 12.1. The van der Waals surface area contributed by atoms with Crippen LogP contribution in [-0.4, -0.2) is 24.1 Å². The van der Waals surface area contributed by atoms with Crippen LogP contribution < -0.4 is 16.4 Å². The number of piperidine rings is 1. The van der Waals surface area contributed by atoms with E-state index in [1.54, 1.807) is 6.20 Å². The van der Waals surface area contributed by atoms with Crippen molar-refractivity contribution in [3.8, 4) is 0 Å². The van der Waals surface area contributed by atoms with Crippen LogP contribution in [0.15, 0.2) is 18.3 Å². The SMILES string of the molecule is Nc1ccc(N2CCC(N)CC2)nc1. The van der Waals surface area contributed by atoms with Gasteiger partial charge in [0.1, 0.15) is 5.82 Å². The molecule has 1 aliphatic heterocycles. The molecule has 1 fully saturated rings. The highest BCUT2D eigenvalue weighted by Crippen LogP contribution is 2.17. The van der Waals surface area contributed by atoms with E-state index in [4.69, 9.17) is 11.5 Å². The molecule has 76 valence electrons. The highest BCUT2D eigenvalue weighted by molar-refractivity contribution is 5.45. The van der Waals surface area contributed by atoms with Crippen LogP contribution in [0.5, 0.6) is 0 Å². The molecular formula is C10H16N4. The smallest absolute Gasteiger partial charge is 0.128 e. The first-order valence-electron chi connectivity index (χ1n) is 4.98. The molecule has 0 radical (unpaired) electrons. The first-order valence-corrected chi connectivity index (χ1v) is 4.98. The molecule has 2 heterocycles. The van der Waals surface area contributed by atoms with Crippen molar-refractivity contribution in [2.24, 2.45) is 5.73 Å². The van der Waals surface area contributed by atoms with Crippen molar-refractivity contribution in [3.05, 3.63) is 18.3 Å². The third-order valence-electron chi connectivity index (χ3n) is 2.63. The Balaban J connectivity index is 2.05. The van der Waals surface area contributed by atoms with E-state index in [1.165, 1.54) is 0 Å². The fraction of sp³-hybridized carbons (Fsp3) is 0.500. The molecule has 14 heavy (non-hydrogen) atoms. The molecule has 1 saturated heterocycles. The number of anilines is 2. The highest BCUT2D eigenvalue weighted by atomic mass is 15.2. The summed E-state index contributed by atoms with van der Waals surface area (Å²) in [6.07, 6.45) is 3.79. The predicted octanol–water partition coefficient (Wildman–Crippen LogP) is 0.591. The second-order valence-electron chi connectivity index (χ2n) is 3.77. The summed E-state index contributed by atoms with van der Waals surface area (Å²) < 4.78 is 0. The van der Waals surface area contributed by atoms with Gasteiger partial charge in [-0.3, -0.25) is 0 Å². The fourth-order valence-electron chi connectivity index (χ4n) is 1.71. The molecule has 0 bridgehead atoms. The quantitative estimate of drug-likeness (QED) is 0.683. The maximum absolute atomic E-state index is 5.83. The van der Waals surface area contributed by atoms with Gasteiger partial charge in [0.15, 0.2) is 0 Å². The van der Waals surface area contributed by atoms with Crippen LogP contribution in [0.4, 0.5) is 11.5 Å². The van der Waals surface area contributed by atoms with E-state index in [2.05, 4.69) is 9.88 Å². The van der Waals surface area contributed by atoms with Crippen LogP contribution in [0, 0.1) is 0 Å². The van der Waals surface area contributed by atoms with Crippen LogP contribution in [0.2, 0.25) is 0 Å². The lowest BCUT2D eigenvalue weighted by Gasteiger charge is -2.30. The van der Waals surface area contributed by atoms with Crippen molar-refractivity contribution < 1.29 is 0 Å². The molecule has 0 saturated carbocycles. The Morgan fingerprint density at radius 3 is 2.57 bits per heavy atom. The maximum Gasteiger partial charge on any atom is 0.128 e. The van der Waals surface area contributed by atoms with E-state index in [9.17, 15) is 0 Å². The Kier molecular flexibility index (Phi) is 2.54. The summed E-state index contributed by atoms with van der Waals surface area (Å²) in [7, 11) is 0. The molecule has 0 unspecified atom stereocenters. The van der Waals surface area contributed by atoms with E-state index >= 15 is 0 Å². The van der Waals surface area contributed by atoms with Gasteiger partial charge in [-0.15, -0.1) is 0 Å². The lowest BCUT2D eigenvalue weighted by Crippen LogP contribution is -2.40. The van der Waals surface area contributed by atoms with Gasteiger partial charge in [-0.1, -0.05) is 0 Å². The average Bonchev–Trinajstić information content (AvgIpc) is 2.21. The van der Waals surface area contributed by atoms with E-state index in [0.717, 1.165) is 31.7 Å². The summed E-state index contributed by atoms with van der Waals surface area (Å²) in [4.78, 5) is 6.54. The van der Waals surface area contributed by atoms with Gasteiger partial charge in [-0.2, -0.15) is 0 Å². The van der Waals surface area contributed by atoms with Crippen LogP contribution in [0.3, 0.4) is 0 Å². The molecule has 1 aliphatic rings. The molecule has 0 atom stereocenters. The lowest BCUT2D eigenvalue weighted by atomic mass is 10.1. The van der Waals surface area contributed by atoms with Gasteiger partial charge in [0, 0.05) is 19.1 Å². The number of hydrogen-bond acceptors (Lipinski definition) is 4. The summed E-state index contributed by atoms with van der Waals surface area (Å²) in [6, 6.07) is 4.21. The Labute approximate surface area is 83.9 Å². The minimum atomic E-state index is 0.361. The first-order chi connectivity index (χ1) is 6.75. The van der Waals surface area contributed by atoms with Gasteiger partial charge < -0.3 is 16.4 Å². The van der Waals surface area contributed by atoms with Gasteiger partial charge in [0.25, 0.3) is 0 Å². The Bertz CT molecular complexity index is 287. The van der Waals surface area contributed by atoms with Crippen molar-refractivity contribution in [1.82, 2.24) is 4.98 Å². The van der Waals surface area contributed by atoms with Crippen molar-refractivity contribution in [1.29, 1.82) is 0 Å². The second-order valence-corrected chi connectivity index (χ2v) is 3.77. The van der Waals surface area contributed by atoms with Gasteiger partial charge in [-0.25, -0.2) is 4.98 Å². The minimum absolute atomic E-state index is 0.361. The standard InChI is InChI=1S/C10H16N4/c11-8-3-5-14(6-4-8)10-2-1-9(12)7-13-10/h1-2,7-8H,3-6,11-12H2. The highest BCUT2D eigenvalue weighted by Gasteiger charge is 2.16. The average molecular weight is 192 g/mol. The molecule has 0 aliphatic carbocycles. The van der Waals surface area contributed by atoms with E-state index < -0.39 is 0 Å². The van der Waals surface area contributed by atoms with Gasteiger partial charge in [-0.05, 0) is 25.0 Å². The summed E-state index contributed by atoms with van der Waals surface area (Å²) in [6.45, 7) is 2.00. The fourth-order valence-corrected chi connectivity index (χ4v) is 1.71. The predicted molar refractivity (Wildman–Crippen MR) is 58.1 cm³/mol. The van der Waals surface area contributed by atoms with Crippen molar-refractivity contribution in [2.45, 2.75) is 18.9 Å². The molecule has 4 heteroatoms. The van der Waals surface area contributed by atoms with Crippen LogP contribution in [0.1, 0.15) is 12.8 Å². The molecule has 4 N–H and O–H groups in total. The second kappa shape index (κ2) is 3.84. The lowest BCUT2D eigenvalue weighted by molar-refractivity contribution is 0.498. The number of aromatic nitrogens is 1. The molecule has 1 aromatic rings. The number of nitrogen functional groups attached to an aromatic ring is 1. The van der Waals surface area contributed by atoms with Gasteiger partial charge >= 0.3 is 0 Å². The van der Waals surface area contributed by atoms with Crippen LogP contribution in [0.25, 0.3) is 0 Å². The van der Waals surface area contributed by atoms with E-state index in [-0.39, 0.29) is 0 Å². The topological polar surface area (TPSA) is 68.2 Å². The summed E-state index contributed by atoms with van der Waals surface area (Å²) in [5, 5.41) is 0. The number of hydrogen-bond donors (Lipinski definition) is 2. The van der Waals surface area contributed by atoms with Crippen molar-refractivity contribution in [2.75, 3.05) is 23.7 Å². The van der Waals surface area contributed by atoms with Crippen molar-refractivity contribution >= 4 is 11.5 Å². The Morgan fingerprint density at radius 2 is 2.00 bits per heavy atom. The molecular weight excluding hydrogens is 176 g/mol. The third-order valence-corrected chi connectivity index (χ3v) is 2.63. The number of nitrogens with two attached hydrogens (primary N) is 2. The normalized spacial score (nSPS) is 18.5. The molecule has 0 aromatic carbocycles. The van der Waals surface area contributed by atoms with E-state index in [0.29, 0.717) is 11.7 Å². The zero-order valence-electron chi connectivity index (χ0n) is 8.19. The first kappa shape index (κ1) is 9.27. The minimum Gasteiger partial charge on any atom is -0.397 e. The Morgan fingerprint density at radius 1 is 1.29 bits per heavy atom. The number of pyridine rings is 1. The zero-order valence-corrected chi connectivity index (χ0v) is 8.19. The van der Waals surface area contributed by atoms with Crippen molar-refractivity contribution in [3.63, 3.8) is 0 Å². The van der Waals surface area contributed by atoms with E-state index in [1.807, 2.05) is 12.1 Å². The molecule has 0 amide bonds. The number of nitrogens with zero attached hydrogens (tertiary/aromatic N) is 2. The monoisotopic (exact) mass is 192 g/mol.